The van der Waals surface area contributed by atoms with Gasteiger partial charge in [0, 0.05) is 19.1 Å². The van der Waals surface area contributed by atoms with Crippen LogP contribution in [0.2, 0.25) is 5.02 Å². The van der Waals surface area contributed by atoms with E-state index < -0.39 is 0 Å². The van der Waals surface area contributed by atoms with E-state index >= 15 is 0 Å². The number of aromatic nitrogens is 2. The van der Waals surface area contributed by atoms with Crippen molar-refractivity contribution in [1.82, 2.24) is 9.78 Å². The zero-order valence-electron chi connectivity index (χ0n) is 10.8. The number of nitrogens with zero attached hydrogens (tertiary/aromatic N) is 3. The van der Waals surface area contributed by atoms with Gasteiger partial charge < -0.3 is 10.6 Å². The fourth-order valence-corrected chi connectivity index (χ4v) is 2.15. The van der Waals surface area contributed by atoms with Crippen LogP contribution in [0.5, 0.6) is 0 Å². The van der Waals surface area contributed by atoms with Gasteiger partial charge in [0.2, 0.25) is 0 Å². The number of nitrogens with two attached hydrogens (primary N) is 1. The number of nitrogen functional groups attached to an aromatic ring is 1. The van der Waals surface area contributed by atoms with Gasteiger partial charge in [-0.1, -0.05) is 11.6 Å². The molecule has 0 aliphatic heterocycles. The molecule has 0 spiro atoms. The third-order valence-electron chi connectivity index (χ3n) is 2.90. The molecule has 2 rings (SSSR count). The minimum Gasteiger partial charge on any atom is -0.397 e. The molecule has 0 saturated heterocycles. The van der Waals surface area contributed by atoms with E-state index in [1.807, 2.05) is 37.8 Å². The van der Waals surface area contributed by atoms with Gasteiger partial charge in [0.15, 0.2) is 0 Å². The van der Waals surface area contributed by atoms with Crippen molar-refractivity contribution in [3.05, 3.63) is 40.7 Å². The predicted octanol–water partition coefficient (Wildman–Crippen LogP) is 2.60. The average molecular weight is 265 g/mol. The first kappa shape index (κ1) is 12.8. The zero-order chi connectivity index (χ0) is 13.3. The first-order valence-electron chi connectivity index (χ1n) is 5.73. The largest absolute Gasteiger partial charge is 0.397 e. The van der Waals surface area contributed by atoms with Crippen molar-refractivity contribution in [2.45, 2.75) is 13.5 Å². The van der Waals surface area contributed by atoms with E-state index in [-0.39, 0.29) is 0 Å². The maximum Gasteiger partial charge on any atom is 0.0615 e. The summed E-state index contributed by atoms with van der Waals surface area (Å²) in [5.74, 6) is 0. The Bertz CT molecular complexity index is 562. The molecular formula is C13H17ClN4. The van der Waals surface area contributed by atoms with Crippen LogP contribution in [-0.2, 0) is 13.6 Å². The van der Waals surface area contributed by atoms with E-state index in [2.05, 4.69) is 16.1 Å². The Kier molecular flexibility index (Phi) is 3.48. The van der Waals surface area contributed by atoms with Gasteiger partial charge in [0.25, 0.3) is 0 Å². The first-order valence-corrected chi connectivity index (χ1v) is 6.11. The van der Waals surface area contributed by atoms with Crippen LogP contribution in [0, 0.1) is 6.92 Å². The molecule has 0 atom stereocenters. The summed E-state index contributed by atoms with van der Waals surface area (Å²) < 4.78 is 1.88. The smallest absolute Gasteiger partial charge is 0.0615 e. The molecule has 0 bridgehead atoms. The molecule has 1 heterocycles. The highest BCUT2D eigenvalue weighted by Crippen LogP contribution is 2.27. The first-order chi connectivity index (χ1) is 8.47. The Morgan fingerprint density at radius 1 is 1.39 bits per heavy atom. The summed E-state index contributed by atoms with van der Waals surface area (Å²) in [6, 6.07) is 7.56. The van der Waals surface area contributed by atoms with E-state index in [0.29, 0.717) is 5.02 Å². The summed E-state index contributed by atoms with van der Waals surface area (Å²) in [6.45, 7) is 2.72. The minimum absolute atomic E-state index is 0.687. The monoisotopic (exact) mass is 264 g/mol. The van der Waals surface area contributed by atoms with Gasteiger partial charge in [0.05, 0.1) is 29.3 Å². The average Bonchev–Trinajstić information content (AvgIpc) is 2.61. The highest BCUT2D eigenvalue weighted by molar-refractivity contribution is 6.31. The molecule has 0 aliphatic carbocycles. The molecule has 18 heavy (non-hydrogen) atoms. The third-order valence-corrected chi connectivity index (χ3v) is 3.14. The number of anilines is 2. The number of aryl methyl sites for hydroxylation is 2. The van der Waals surface area contributed by atoms with E-state index in [1.54, 1.807) is 6.07 Å². The van der Waals surface area contributed by atoms with E-state index in [4.69, 9.17) is 17.3 Å². The number of benzene rings is 1. The SMILES string of the molecule is Cc1cc(CN(C)c2cc(Cl)ccc2N)n(C)n1. The molecule has 96 valence electrons. The summed E-state index contributed by atoms with van der Waals surface area (Å²) >= 11 is 6.00. The Hall–Kier alpha value is -1.68. The van der Waals surface area contributed by atoms with Crippen molar-refractivity contribution in [3.63, 3.8) is 0 Å². The second-order valence-corrected chi connectivity index (χ2v) is 4.90. The van der Waals surface area contributed by atoms with Crippen LogP contribution < -0.4 is 10.6 Å². The summed E-state index contributed by atoms with van der Waals surface area (Å²) in [5, 5.41) is 5.02. The van der Waals surface area contributed by atoms with Gasteiger partial charge in [-0.25, -0.2) is 0 Å². The van der Waals surface area contributed by atoms with Crippen molar-refractivity contribution in [3.8, 4) is 0 Å². The maximum absolute atomic E-state index is 6.00. The number of halogens is 1. The summed E-state index contributed by atoms with van der Waals surface area (Å²) in [7, 11) is 3.93. The molecule has 1 aromatic carbocycles. The number of hydrogen-bond donors (Lipinski definition) is 1. The fourth-order valence-electron chi connectivity index (χ4n) is 1.99. The molecule has 1 aromatic heterocycles. The Morgan fingerprint density at radius 3 is 2.72 bits per heavy atom. The lowest BCUT2D eigenvalue weighted by molar-refractivity contribution is 0.694. The van der Waals surface area contributed by atoms with Crippen LogP contribution in [0.25, 0.3) is 0 Å². The highest BCUT2D eigenvalue weighted by Gasteiger charge is 2.09. The molecule has 2 aromatic rings. The van der Waals surface area contributed by atoms with E-state index in [1.165, 1.54) is 0 Å². The van der Waals surface area contributed by atoms with Gasteiger partial charge in [-0.3, -0.25) is 4.68 Å². The van der Waals surface area contributed by atoms with Crippen LogP contribution in [0.15, 0.2) is 24.3 Å². The van der Waals surface area contributed by atoms with Gasteiger partial charge in [-0.2, -0.15) is 5.10 Å². The Morgan fingerprint density at radius 2 is 2.11 bits per heavy atom. The number of rotatable bonds is 3. The molecule has 0 saturated carbocycles. The molecule has 5 heteroatoms. The van der Waals surface area contributed by atoms with Gasteiger partial charge >= 0.3 is 0 Å². The topological polar surface area (TPSA) is 47.1 Å². The normalized spacial score (nSPS) is 10.7. The van der Waals surface area contributed by atoms with Crippen molar-refractivity contribution in [2.24, 2.45) is 7.05 Å². The summed E-state index contributed by atoms with van der Waals surface area (Å²) in [4.78, 5) is 2.07. The van der Waals surface area contributed by atoms with E-state index in [0.717, 1.165) is 29.3 Å². The Balaban J connectivity index is 2.24. The van der Waals surface area contributed by atoms with Crippen LogP contribution in [0.4, 0.5) is 11.4 Å². The van der Waals surface area contributed by atoms with Crippen LogP contribution in [0.1, 0.15) is 11.4 Å². The lowest BCUT2D eigenvalue weighted by Crippen LogP contribution is -2.19. The third kappa shape index (κ3) is 2.59. The molecule has 2 N–H and O–H groups in total. The lowest BCUT2D eigenvalue weighted by Gasteiger charge is -2.21. The van der Waals surface area contributed by atoms with Crippen LogP contribution >= 0.6 is 11.6 Å². The molecule has 0 radical (unpaired) electrons. The zero-order valence-corrected chi connectivity index (χ0v) is 11.6. The summed E-state index contributed by atoms with van der Waals surface area (Å²) in [6.07, 6.45) is 0. The van der Waals surface area contributed by atoms with Gasteiger partial charge in [0.1, 0.15) is 0 Å². The minimum atomic E-state index is 0.687. The number of hydrogen-bond acceptors (Lipinski definition) is 3. The van der Waals surface area contributed by atoms with Crippen LogP contribution in [-0.4, -0.2) is 16.8 Å². The molecular weight excluding hydrogens is 248 g/mol. The van der Waals surface area contributed by atoms with Crippen molar-refractivity contribution < 1.29 is 0 Å². The molecule has 4 nitrogen and oxygen atoms in total. The highest BCUT2D eigenvalue weighted by atomic mass is 35.5. The predicted molar refractivity (Wildman–Crippen MR) is 75.9 cm³/mol. The fraction of sp³-hybridized carbons (Fsp3) is 0.308. The van der Waals surface area contributed by atoms with Gasteiger partial charge in [-0.05, 0) is 31.2 Å². The molecule has 0 amide bonds. The lowest BCUT2D eigenvalue weighted by atomic mass is 10.2. The maximum atomic E-state index is 6.00. The second kappa shape index (κ2) is 4.90. The standard InChI is InChI=1S/C13H17ClN4/c1-9-6-11(18(3)16-9)8-17(2)13-7-10(14)4-5-12(13)15/h4-7H,8,15H2,1-3H3. The van der Waals surface area contributed by atoms with E-state index in [9.17, 15) is 0 Å². The quantitative estimate of drug-likeness (QED) is 0.867. The molecule has 0 fully saturated rings. The van der Waals surface area contributed by atoms with Crippen molar-refractivity contribution in [2.75, 3.05) is 17.7 Å². The second-order valence-electron chi connectivity index (χ2n) is 4.46. The van der Waals surface area contributed by atoms with Gasteiger partial charge in [-0.15, -0.1) is 0 Å². The van der Waals surface area contributed by atoms with Crippen molar-refractivity contribution >= 4 is 23.0 Å². The summed E-state index contributed by atoms with van der Waals surface area (Å²) in [5.41, 5.74) is 9.77. The van der Waals surface area contributed by atoms with Crippen molar-refractivity contribution in [1.29, 1.82) is 0 Å². The van der Waals surface area contributed by atoms with Crippen LogP contribution in [0.3, 0.4) is 0 Å². The molecule has 0 unspecified atom stereocenters. The Labute approximate surface area is 112 Å². The molecule has 0 aliphatic rings.